The summed E-state index contributed by atoms with van der Waals surface area (Å²) in [7, 11) is 3.00. The van der Waals surface area contributed by atoms with Crippen LogP contribution in [-0.2, 0) is 15.2 Å². The molecule has 0 bridgehead atoms. The van der Waals surface area contributed by atoms with E-state index in [1.54, 1.807) is 46.8 Å². The minimum atomic E-state index is -0.774. The molecule has 1 rings (SSSR count). The molecule has 1 amide bonds. The summed E-state index contributed by atoms with van der Waals surface area (Å²) in [6, 6.07) is 3.45. The molecule has 0 spiro atoms. The molecule has 0 atom stereocenters. The average Bonchev–Trinajstić information content (AvgIpc) is 2.44. The lowest BCUT2D eigenvalue weighted by Gasteiger charge is -2.25. The molecule has 7 nitrogen and oxygen atoms in total. The van der Waals surface area contributed by atoms with E-state index in [9.17, 15) is 4.79 Å². The Labute approximate surface area is 137 Å². The van der Waals surface area contributed by atoms with Crippen molar-refractivity contribution in [3.8, 4) is 11.5 Å². The van der Waals surface area contributed by atoms with E-state index in [1.807, 2.05) is 0 Å². The Morgan fingerprint density at radius 1 is 1.09 bits per heavy atom. The fourth-order valence-corrected chi connectivity index (χ4v) is 1.89. The maximum absolute atomic E-state index is 12.0. The number of carbonyl (C=O) groups is 1. The zero-order valence-electron chi connectivity index (χ0n) is 14.8. The number of hydrogen-bond acceptors (Lipinski definition) is 6. The van der Waals surface area contributed by atoms with Gasteiger partial charge in [-0.15, -0.1) is 0 Å². The predicted molar refractivity (Wildman–Crippen MR) is 87.7 cm³/mol. The van der Waals surface area contributed by atoms with Crippen molar-refractivity contribution in [1.82, 2.24) is 0 Å². The molecule has 0 saturated heterocycles. The summed E-state index contributed by atoms with van der Waals surface area (Å²) in [5.41, 5.74) is -0.271. The normalized spacial score (nSPS) is 11.8. The lowest BCUT2D eigenvalue weighted by atomic mass is 9.97. The van der Waals surface area contributed by atoms with Crippen molar-refractivity contribution in [2.75, 3.05) is 19.5 Å². The Hall–Kier alpha value is -1.99. The van der Waals surface area contributed by atoms with Gasteiger partial charge in [-0.25, -0.2) is 10.7 Å². The maximum Gasteiger partial charge on any atom is 0.412 e. The Morgan fingerprint density at radius 3 is 2.13 bits per heavy atom. The van der Waals surface area contributed by atoms with Crippen LogP contribution < -0.4 is 20.7 Å². The Morgan fingerprint density at radius 2 is 1.70 bits per heavy atom. The topological polar surface area (TPSA) is 92.0 Å². The van der Waals surface area contributed by atoms with Gasteiger partial charge in [0.15, 0.2) is 11.5 Å². The number of carbonyl (C=O) groups excluding carboxylic acids is 1. The first-order valence-corrected chi connectivity index (χ1v) is 7.18. The number of nitrogens with one attached hydrogen (secondary N) is 1. The summed E-state index contributed by atoms with van der Waals surface area (Å²) in [6.07, 6.45) is -0.596. The third-order valence-electron chi connectivity index (χ3n) is 3.10. The van der Waals surface area contributed by atoms with Crippen LogP contribution in [0, 0.1) is 0 Å². The van der Waals surface area contributed by atoms with Gasteiger partial charge in [0.25, 0.3) is 0 Å². The second-order valence-corrected chi connectivity index (χ2v) is 6.51. The molecule has 130 valence electrons. The smallest absolute Gasteiger partial charge is 0.412 e. The van der Waals surface area contributed by atoms with E-state index in [1.165, 1.54) is 14.2 Å². The van der Waals surface area contributed by atoms with Gasteiger partial charge in [0.2, 0.25) is 0 Å². The highest BCUT2D eigenvalue weighted by Crippen LogP contribution is 2.40. The number of ether oxygens (including phenoxy) is 3. The molecule has 3 N–H and O–H groups in total. The van der Waals surface area contributed by atoms with Crippen molar-refractivity contribution in [2.24, 2.45) is 5.90 Å². The minimum absolute atomic E-state index is 0.384. The number of benzene rings is 1. The summed E-state index contributed by atoms with van der Waals surface area (Å²) in [6.45, 7) is 8.95. The second kappa shape index (κ2) is 7.06. The van der Waals surface area contributed by atoms with E-state index in [0.29, 0.717) is 22.7 Å². The summed E-state index contributed by atoms with van der Waals surface area (Å²) in [5.74, 6) is 6.18. The fraction of sp³-hybridized carbons (Fsp3) is 0.562. The van der Waals surface area contributed by atoms with E-state index in [0.717, 1.165) is 0 Å². The van der Waals surface area contributed by atoms with Gasteiger partial charge in [0.1, 0.15) is 11.2 Å². The lowest BCUT2D eigenvalue weighted by Crippen LogP contribution is -2.28. The monoisotopic (exact) mass is 326 g/mol. The third kappa shape index (κ3) is 5.01. The van der Waals surface area contributed by atoms with Crippen LogP contribution in [0.25, 0.3) is 0 Å². The van der Waals surface area contributed by atoms with Crippen molar-refractivity contribution in [3.63, 3.8) is 0 Å². The molecule has 0 fully saturated rings. The molecule has 0 aliphatic rings. The van der Waals surface area contributed by atoms with Gasteiger partial charge in [-0.2, -0.15) is 0 Å². The Kier molecular flexibility index (Phi) is 5.85. The highest BCUT2D eigenvalue weighted by Gasteiger charge is 2.26. The first kappa shape index (κ1) is 19.1. The van der Waals surface area contributed by atoms with E-state index >= 15 is 0 Å². The number of amides is 1. The van der Waals surface area contributed by atoms with Crippen molar-refractivity contribution >= 4 is 11.8 Å². The number of methoxy groups -OCH3 is 2. The van der Waals surface area contributed by atoms with Crippen molar-refractivity contribution in [2.45, 2.75) is 45.8 Å². The number of hydrogen-bond donors (Lipinski definition) is 2. The van der Waals surface area contributed by atoms with E-state index in [2.05, 4.69) is 5.32 Å². The van der Waals surface area contributed by atoms with Crippen LogP contribution in [0.5, 0.6) is 11.5 Å². The molecule has 0 heterocycles. The fourth-order valence-electron chi connectivity index (χ4n) is 1.89. The lowest BCUT2D eigenvalue weighted by molar-refractivity contribution is -0.0237. The highest BCUT2D eigenvalue weighted by molar-refractivity contribution is 5.88. The van der Waals surface area contributed by atoms with Gasteiger partial charge in [-0.3, -0.25) is 10.2 Å². The molecule has 0 aliphatic heterocycles. The molecule has 1 aromatic carbocycles. The first-order valence-electron chi connectivity index (χ1n) is 7.18. The highest BCUT2D eigenvalue weighted by atomic mass is 16.6. The first-order chi connectivity index (χ1) is 10.5. The van der Waals surface area contributed by atoms with Crippen LogP contribution in [0.4, 0.5) is 10.5 Å². The molecule has 7 heteroatoms. The van der Waals surface area contributed by atoms with Gasteiger partial charge in [-0.1, -0.05) is 0 Å². The van der Waals surface area contributed by atoms with Crippen LogP contribution in [0.3, 0.4) is 0 Å². The van der Waals surface area contributed by atoms with E-state index < -0.39 is 17.3 Å². The van der Waals surface area contributed by atoms with Crippen molar-refractivity contribution in [3.05, 3.63) is 17.7 Å². The second-order valence-electron chi connectivity index (χ2n) is 6.51. The zero-order chi connectivity index (χ0) is 17.8. The Bertz CT molecular complexity index is 564. The largest absolute Gasteiger partial charge is 0.493 e. The van der Waals surface area contributed by atoms with E-state index in [4.69, 9.17) is 24.9 Å². The Balaban J connectivity index is 3.28. The molecule has 0 saturated carbocycles. The molecular formula is C16H26N2O5. The molecule has 23 heavy (non-hydrogen) atoms. The van der Waals surface area contributed by atoms with Gasteiger partial charge in [0.05, 0.1) is 19.9 Å². The van der Waals surface area contributed by atoms with Crippen molar-refractivity contribution in [1.29, 1.82) is 0 Å². The van der Waals surface area contributed by atoms with Crippen LogP contribution >= 0.6 is 0 Å². The predicted octanol–water partition coefficient (Wildman–Crippen LogP) is 3.18. The van der Waals surface area contributed by atoms with E-state index in [-0.39, 0.29) is 0 Å². The summed E-state index contributed by atoms with van der Waals surface area (Å²) >= 11 is 0. The van der Waals surface area contributed by atoms with Crippen LogP contribution in [0.1, 0.15) is 40.2 Å². The number of nitrogens with two attached hydrogens (primary N) is 1. The van der Waals surface area contributed by atoms with Crippen LogP contribution in [0.2, 0.25) is 0 Å². The van der Waals surface area contributed by atoms with Crippen LogP contribution in [-0.4, -0.2) is 25.9 Å². The summed E-state index contributed by atoms with van der Waals surface area (Å²) in [5, 5.41) is 2.67. The number of anilines is 1. The van der Waals surface area contributed by atoms with Crippen LogP contribution in [0.15, 0.2) is 12.1 Å². The summed E-state index contributed by atoms with van der Waals surface area (Å²) < 4.78 is 15.9. The maximum atomic E-state index is 12.0. The molecule has 0 aromatic heterocycles. The molecular weight excluding hydrogens is 300 g/mol. The third-order valence-corrected chi connectivity index (χ3v) is 3.10. The zero-order valence-corrected chi connectivity index (χ0v) is 14.8. The molecule has 0 radical (unpaired) electrons. The van der Waals surface area contributed by atoms with Gasteiger partial charge >= 0.3 is 6.09 Å². The minimum Gasteiger partial charge on any atom is -0.493 e. The average molecular weight is 326 g/mol. The standard InChI is InChI=1S/C16H26N2O5/c1-15(2,3)22-14(19)18-11-8-10(16(4,5)23-17)9-12(20-6)13(11)21-7/h8-9H,17H2,1-7H3,(H,18,19). The molecule has 0 aliphatic carbocycles. The molecule has 1 aromatic rings. The quantitative estimate of drug-likeness (QED) is 0.807. The van der Waals surface area contributed by atoms with Gasteiger partial charge < -0.3 is 14.2 Å². The summed E-state index contributed by atoms with van der Waals surface area (Å²) in [4.78, 5) is 17.0. The molecule has 0 unspecified atom stereocenters. The van der Waals surface area contributed by atoms with Gasteiger partial charge in [-0.05, 0) is 52.3 Å². The van der Waals surface area contributed by atoms with Crippen molar-refractivity contribution < 1.29 is 23.8 Å². The SMILES string of the molecule is COc1cc(C(C)(C)ON)cc(NC(=O)OC(C)(C)C)c1OC. The number of rotatable bonds is 5. The van der Waals surface area contributed by atoms with Gasteiger partial charge in [0, 0.05) is 0 Å².